The Hall–Kier alpha value is -1.72. The lowest BCUT2D eigenvalue weighted by molar-refractivity contribution is -0.143. The fourth-order valence-electron chi connectivity index (χ4n) is 3.06. The molecule has 0 aliphatic carbocycles. The van der Waals surface area contributed by atoms with Crippen molar-refractivity contribution < 1.29 is 27.5 Å². The topological polar surface area (TPSA) is 105 Å². The number of morpholine rings is 1. The van der Waals surface area contributed by atoms with Crippen molar-refractivity contribution in [2.75, 3.05) is 51.8 Å². The number of hydrogen-bond acceptors (Lipinski definition) is 6. The number of rotatable bonds is 10. The molecule has 1 saturated heterocycles. The molecular weight excluding hydrogens is 458 g/mol. The van der Waals surface area contributed by atoms with Gasteiger partial charge in [0.1, 0.15) is 11.0 Å². The first-order chi connectivity index (χ1) is 15.0. The van der Waals surface area contributed by atoms with Crippen molar-refractivity contribution in [3.63, 3.8) is 0 Å². The van der Waals surface area contributed by atoms with Gasteiger partial charge in [0.05, 0.1) is 24.8 Å². The number of halogens is 1. The zero-order chi connectivity index (χ0) is 23.9. The molecule has 1 aliphatic heterocycles. The Balaban J connectivity index is 1.99. The second-order valence-electron chi connectivity index (χ2n) is 8.10. The number of sulfonamides is 1. The van der Waals surface area contributed by atoms with Crippen molar-refractivity contribution >= 4 is 39.1 Å². The van der Waals surface area contributed by atoms with Crippen LogP contribution in [0.3, 0.4) is 0 Å². The summed E-state index contributed by atoms with van der Waals surface area (Å²) < 4.78 is 37.9. The van der Waals surface area contributed by atoms with E-state index in [9.17, 15) is 18.0 Å². The Kier molecular flexibility index (Phi) is 9.90. The number of hydrogen-bond donors (Lipinski definition) is 1. The maximum atomic E-state index is 12.9. The minimum Gasteiger partial charge on any atom is -0.379 e. The van der Waals surface area contributed by atoms with Crippen LogP contribution >= 0.6 is 11.6 Å². The van der Waals surface area contributed by atoms with E-state index >= 15 is 0 Å². The first-order valence-corrected chi connectivity index (χ1v) is 12.4. The molecule has 0 bridgehead atoms. The normalized spacial score (nSPS) is 16.1. The Morgan fingerprint density at radius 1 is 1.25 bits per heavy atom. The van der Waals surface area contributed by atoms with Crippen LogP contribution in [0.1, 0.15) is 27.2 Å². The number of nitrogens with one attached hydrogen (secondary N) is 1. The molecule has 2 amide bonds. The summed E-state index contributed by atoms with van der Waals surface area (Å²) >= 11 is 6.14. The molecule has 0 radical (unpaired) electrons. The van der Waals surface area contributed by atoms with Gasteiger partial charge in [-0.3, -0.25) is 9.59 Å². The molecule has 32 heavy (non-hydrogen) atoms. The van der Waals surface area contributed by atoms with Crippen LogP contribution in [0.5, 0.6) is 0 Å². The highest BCUT2D eigenvalue weighted by atomic mass is 35.5. The number of nitrogens with zero attached hydrogens (tertiary/aromatic N) is 2. The van der Waals surface area contributed by atoms with Crippen LogP contribution in [-0.4, -0.2) is 82.0 Å². The number of anilines is 1. The van der Waals surface area contributed by atoms with Gasteiger partial charge in [0, 0.05) is 32.4 Å². The average Bonchev–Trinajstić information content (AvgIpc) is 2.74. The summed E-state index contributed by atoms with van der Waals surface area (Å²) in [7, 11) is -2.31. The van der Waals surface area contributed by atoms with Gasteiger partial charge in [-0.2, -0.15) is 4.31 Å². The first kappa shape index (κ1) is 26.5. The standard InChI is InChI=1S/C21H32ClN3O6S/c1-15(2)7-10-31-16(3)21(27)24(4)14-20(26)23-17-5-6-18(22)19(13-17)32(28,29)25-8-11-30-12-9-25/h5-6,13,15-16H,7-12,14H2,1-4H3,(H,23,26). The highest BCUT2D eigenvalue weighted by molar-refractivity contribution is 7.89. The van der Waals surface area contributed by atoms with Crippen molar-refractivity contribution in [2.24, 2.45) is 5.92 Å². The minimum atomic E-state index is -3.82. The van der Waals surface area contributed by atoms with Gasteiger partial charge >= 0.3 is 0 Å². The Morgan fingerprint density at radius 2 is 1.91 bits per heavy atom. The van der Waals surface area contributed by atoms with E-state index in [0.717, 1.165) is 6.42 Å². The third kappa shape index (κ3) is 7.41. The molecule has 11 heteroatoms. The third-order valence-corrected chi connectivity index (χ3v) is 7.35. The quantitative estimate of drug-likeness (QED) is 0.540. The van der Waals surface area contributed by atoms with Crippen molar-refractivity contribution in [2.45, 2.75) is 38.2 Å². The molecule has 1 heterocycles. The van der Waals surface area contributed by atoms with E-state index in [2.05, 4.69) is 19.2 Å². The zero-order valence-electron chi connectivity index (χ0n) is 19.0. The van der Waals surface area contributed by atoms with Crippen molar-refractivity contribution in [1.82, 2.24) is 9.21 Å². The highest BCUT2D eigenvalue weighted by Gasteiger charge is 2.29. The van der Waals surface area contributed by atoms with Crippen LogP contribution in [0, 0.1) is 5.92 Å². The van der Waals surface area contributed by atoms with Gasteiger partial charge in [-0.05, 0) is 37.5 Å². The molecule has 1 aromatic rings. The third-order valence-electron chi connectivity index (χ3n) is 4.97. The van der Waals surface area contributed by atoms with Crippen molar-refractivity contribution in [3.8, 4) is 0 Å². The molecule has 1 N–H and O–H groups in total. The summed E-state index contributed by atoms with van der Waals surface area (Å²) in [6, 6.07) is 4.26. The SMILES string of the molecule is CC(C)CCOC(C)C(=O)N(C)CC(=O)Nc1ccc(Cl)c(S(=O)(=O)N2CCOCC2)c1. The summed E-state index contributed by atoms with van der Waals surface area (Å²) in [5.41, 5.74) is 0.272. The molecule has 1 aromatic carbocycles. The maximum absolute atomic E-state index is 12.9. The zero-order valence-corrected chi connectivity index (χ0v) is 20.5. The lowest BCUT2D eigenvalue weighted by Crippen LogP contribution is -2.41. The molecule has 2 rings (SSSR count). The Morgan fingerprint density at radius 3 is 2.53 bits per heavy atom. The number of carbonyl (C=O) groups excluding carboxylic acids is 2. The van der Waals surface area contributed by atoms with Gasteiger partial charge in [0.2, 0.25) is 15.9 Å². The van der Waals surface area contributed by atoms with E-state index < -0.39 is 22.0 Å². The van der Waals surface area contributed by atoms with Gasteiger partial charge in [0.15, 0.2) is 0 Å². The van der Waals surface area contributed by atoms with Crippen LogP contribution in [0.25, 0.3) is 0 Å². The summed E-state index contributed by atoms with van der Waals surface area (Å²) in [6.07, 6.45) is 0.181. The number of amides is 2. The monoisotopic (exact) mass is 489 g/mol. The van der Waals surface area contributed by atoms with Crippen LogP contribution in [0.4, 0.5) is 5.69 Å². The van der Waals surface area contributed by atoms with Crippen LogP contribution in [-0.2, 0) is 29.1 Å². The molecule has 1 atom stereocenters. The van der Waals surface area contributed by atoms with Crippen LogP contribution in [0.15, 0.2) is 23.1 Å². The Bertz CT molecular complexity index is 903. The number of carbonyl (C=O) groups is 2. The molecule has 1 unspecified atom stereocenters. The highest BCUT2D eigenvalue weighted by Crippen LogP contribution is 2.28. The molecule has 1 aliphatic rings. The predicted octanol–water partition coefficient (Wildman–Crippen LogP) is 2.21. The average molecular weight is 490 g/mol. The van der Waals surface area contributed by atoms with Gasteiger partial charge in [0.25, 0.3) is 5.91 Å². The molecule has 0 spiro atoms. The lowest BCUT2D eigenvalue weighted by atomic mass is 10.1. The second-order valence-corrected chi connectivity index (χ2v) is 10.4. The van der Waals surface area contributed by atoms with Crippen molar-refractivity contribution in [1.29, 1.82) is 0 Å². The summed E-state index contributed by atoms with van der Waals surface area (Å²) in [4.78, 5) is 26.1. The van der Waals surface area contributed by atoms with Gasteiger partial charge < -0.3 is 19.7 Å². The maximum Gasteiger partial charge on any atom is 0.251 e. The van der Waals surface area contributed by atoms with E-state index in [0.29, 0.717) is 25.7 Å². The lowest BCUT2D eigenvalue weighted by Gasteiger charge is -2.26. The first-order valence-electron chi connectivity index (χ1n) is 10.6. The molecule has 180 valence electrons. The smallest absolute Gasteiger partial charge is 0.251 e. The van der Waals surface area contributed by atoms with E-state index in [1.165, 1.54) is 34.5 Å². The molecule has 9 nitrogen and oxygen atoms in total. The van der Waals surface area contributed by atoms with Crippen molar-refractivity contribution in [3.05, 3.63) is 23.2 Å². The van der Waals surface area contributed by atoms with Crippen LogP contribution < -0.4 is 5.32 Å². The summed E-state index contributed by atoms with van der Waals surface area (Å²) in [5.74, 6) is -0.306. The predicted molar refractivity (Wildman–Crippen MR) is 122 cm³/mol. The molecule has 1 fully saturated rings. The number of benzene rings is 1. The van der Waals surface area contributed by atoms with Gasteiger partial charge in [-0.1, -0.05) is 25.4 Å². The number of ether oxygens (including phenoxy) is 2. The van der Waals surface area contributed by atoms with E-state index in [4.69, 9.17) is 21.1 Å². The van der Waals surface area contributed by atoms with Gasteiger partial charge in [-0.25, -0.2) is 8.42 Å². The fourth-order valence-corrected chi connectivity index (χ4v) is 4.97. The number of likely N-dealkylation sites (N-methyl/N-ethyl adjacent to an activating group) is 1. The van der Waals surface area contributed by atoms with E-state index in [-0.39, 0.29) is 41.1 Å². The van der Waals surface area contributed by atoms with Crippen LogP contribution in [0.2, 0.25) is 5.02 Å². The van der Waals surface area contributed by atoms with Gasteiger partial charge in [-0.15, -0.1) is 0 Å². The molecule has 0 aromatic heterocycles. The Labute approximate surface area is 195 Å². The van der Waals surface area contributed by atoms with E-state index in [1.807, 2.05) is 0 Å². The largest absolute Gasteiger partial charge is 0.379 e. The second kappa shape index (κ2) is 11.9. The van der Waals surface area contributed by atoms with E-state index in [1.54, 1.807) is 6.92 Å². The molecular formula is C21H32ClN3O6S. The molecule has 0 saturated carbocycles. The fraction of sp³-hybridized carbons (Fsp3) is 0.619. The summed E-state index contributed by atoms with van der Waals surface area (Å²) in [5, 5.41) is 2.69. The minimum absolute atomic E-state index is 0.0640. The summed E-state index contributed by atoms with van der Waals surface area (Å²) in [6.45, 7) is 7.15.